The van der Waals surface area contributed by atoms with Crippen molar-refractivity contribution in [1.29, 1.82) is 0 Å². The number of aromatic nitrogens is 1. The number of carbonyl (C=O) groups excluding carboxylic acids is 1. The summed E-state index contributed by atoms with van der Waals surface area (Å²) < 4.78 is 0. The second-order valence-electron chi connectivity index (χ2n) is 5.02. The lowest BCUT2D eigenvalue weighted by Gasteiger charge is -2.12. The highest BCUT2D eigenvalue weighted by Crippen LogP contribution is 2.38. The number of amidine groups is 1. The van der Waals surface area contributed by atoms with Crippen LogP contribution in [0.2, 0.25) is 0 Å². The van der Waals surface area contributed by atoms with E-state index in [2.05, 4.69) is 16.6 Å². The number of carbonyl (C=O) groups is 1. The van der Waals surface area contributed by atoms with E-state index in [-0.39, 0.29) is 11.7 Å². The van der Waals surface area contributed by atoms with E-state index >= 15 is 0 Å². The van der Waals surface area contributed by atoms with Crippen LogP contribution >= 0.6 is 23.1 Å². The molecule has 1 fully saturated rings. The first-order chi connectivity index (χ1) is 11.6. The van der Waals surface area contributed by atoms with Crippen molar-refractivity contribution in [3.63, 3.8) is 0 Å². The molecule has 1 aliphatic rings. The van der Waals surface area contributed by atoms with Gasteiger partial charge in [-0.15, -0.1) is 17.9 Å². The summed E-state index contributed by atoms with van der Waals surface area (Å²) in [5, 5.41) is 12.5. The van der Waals surface area contributed by atoms with Gasteiger partial charge in [0, 0.05) is 18.1 Å². The van der Waals surface area contributed by atoms with Crippen LogP contribution in [0.5, 0.6) is 5.75 Å². The summed E-state index contributed by atoms with van der Waals surface area (Å²) in [7, 11) is 0. The molecule has 5 nitrogen and oxygen atoms in total. The number of benzene rings is 1. The van der Waals surface area contributed by atoms with Crippen molar-refractivity contribution in [1.82, 2.24) is 9.88 Å². The van der Waals surface area contributed by atoms with E-state index in [1.165, 1.54) is 23.1 Å². The van der Waals surface area contributed by atoms with Crippen molar-refractivity contribution in [3.05, 3.63) is 59.0 Å². The van der Waals surface area contributed by atoms with E-state index in [0.717, 1.165) is 11.1 Å². The van der Waals surface area contributed by atoms with Crippen molar-refractivity contribution in [2.24, 2.45) is 4.99 Å². The number of thioether (sulfide) groups is 1. The largest absolute Gasteiger partial charge is 0.508 e. The molecule has 122 valence electrons. The Labute approximate surface area is 148 Å². The standard InChI is InChI=1S/C17H15N3O2S2/c1-3-9-20-15(22)14(11(2)12-4-6-13(21)7-5-12)24-17(20)19-16-18-8-10-23-16/h3-8,10,21H,1,9H2,2H3/b14-11-,19-17+. The fraction of sp³-hybridized carbons (Fsp3) is 0.118. The topological polar surface area (TPSA) is 65.8 Å². The molecule has 2 aromatic rings. The highest BCUT2D eigenvalue weighted by molar-refractivity contribution is 8.18. The number of allylic oxidation sites excluding steroid dienone is 1. The van der Waals surface area contributed by atoms with Crippen molar-refractivity contribution in [2.45, 2.75) is 6.92 Å². The first kappa shape index (κ1) is 16.5. The quantitative estimate of drug-likeness (QED) is 0.663. The number of aliphatic imine (C=N–C) groups is 1. The summed E-state index contributed by atoms with van der Waals surface area (Å²) in [6, 6.07) is 6.80. The van der Waals surface area contributed by atoms with E-state index in [1.54, 1.807) is 41.4 Å². The maximum absolute atomic E-state index is 12.8. The fourth-order valence-electron chi connectivity index (χ4n) is 2.21. The minimum atomic E-state index is -0.0965. The van der Waals surface area contributed by atoms with Crippen LogP contribution in [0.4, 0.5) is 5.13 Å². The number of thiazole rings is 1. The summed E-state index contributed by atoms with van der Waals surface area (Å²) in [6.07, 6.45) is 3.36. The Balaban J connectivity index is 2.00. The number of nitrogens with zero attached hydrogens (tertiary/aromatic N) is 3. The van der Waals surface area contributed by atoms with Gasteiger partial charge in [0.05, 0.1) is 4.91 Å². The monoisotopic (exact) mass is 357 g/mol. The maximum Gasteiger partial charge on any atom is 0.267 e. The van der Waals surface area contributed by atoms with Crippen LogP contribution in [0, 0.1) is 0 Å². The Morgan fingerprint density at radius 1 is 1.42 bits per heavy atom. The normalized spacial score (nSPS) is 18.3. The molecular weight excluding hydrogens is 342 g/mol. The zero-order valence-electron chi connectivity index (χ0n) is 13.0. The van der Waals surface area contributed by atoms with Gasteiger partial charge in [-0.1, -0.05) is 18.2 Å². The van der Waals surface area contributed by atoms with E-state index in [9.17, 15) is 9.90 Å². The Morgan fingerprint density at radius 3 is 2.79 bits per heavy atom. The van der Waals surface area contributed by atoms with Crippen molar-refractivity contribution in [2.75, 3.05) is 6.54 Å². The van der Waals surface area contributed by atoms with Gasteiger partial charge in [0.2, 0.25) is 5.13 Å². The van der Waals surface area contributed by atoms with Gasteiger partial charge in [-0.25, -0.2) is 4.98 Å². The molecule has 1 N–H and O–H groups in total. The third-order valence-corrected chi connectivity index (χ3v) is 5.27. The summed E-state index contributed by atoms with van der Waals surface area (Å²) in [6.45, 7) is 6.00. The molecule has 0 aliphatic carbocycles. The van der Waals surface area contributed by atoms with Gasteiger partial charge in [-0.2, -0.15) is 4.99 Å². The Hall–Kier alpha value is -2.38. The van der Waals surface area contributed by atoms with Crippen molar-refractivity contribution >= 4 is 44.9 Å². The third-order valence-electron chi connectivity index (χ3n) is 3.43. The van der Waals surface area contributed by atoms with Crippen LogP contribution < -0.4 is 0 Å². The molecule has 1 aromatic heterocycles. The average molecular weight is 357 g/mol. The van der Waals surface area contributed by atoms with Crippen molar-refractivity contribution in [3.8, 4) is 5.75 Å². The zero-order chi connectivity index (χ0) is 17.1. The Bertz CT molecular complexity index is 824. The molecule has 1 aliphatic heterocycles. The molecule has 0 unspecified atom stereocenters. The lowest BCUT2D eigenvalue weighted by Crippen LogP contribution is -2.29. The fourth-order valence-corrected chi connectivity index (χ4v) is 3.82. The maximum atomic E-state index is 12.8. The molecular formula is C17H15N3O2S2. The molecule has 0 spiro atoms. The van der Waals surface area contributed by atoms with Gasteiger partial charge in [-0.3, -0.25) is 9.69 Å². The number of rotatable bonds is 4. The SMILES string of the molecule is C=CCN1C(=O)/C(=C(\C)c2ccc(O)cc2)S/C1=N/c1nccs1. The number of aromatic hydroxyl groups is 1. The van der Waals surface area contributed by atoms with Gasteiger partial charge in [0.1, 0.15) is 5.75 Å². The molecule has 1 aromatic carbocycles. The minimum Gasteiger partial charge on any atom is -0.508 e. The number of phenols is 1. The summed E-state index contributed by atoms with van der Waals surface area (Å²) in [5.74, 6) is 0.0991. The second kappa shape index (κ2) is 7.02. The molecule has 3 rings (SSSR count). The predicted octanol–water partition coefficient (Wildman–Crippen LogP) is 4.03. The highest BCUT2D eigenvalue weighted by Gasteiger charge is 2.34. The number of amides is 1. The summed E-state index contributed by atoms with van der Waals surface area (Å²) >= 11 is 2.75. The number of hydrogen-bond acceptors (Lipinski definition) is 6. The Morgan fingerprint density at radius 2 is 2.17 bits per heavy atom. The average Bonchev–Trinajstić information content (AvgIpc) is 3.19. The smallest absolute Gasteiger partial charge is 0.267 e. The predicted molar refractivity (Wildman–Crippen MR) is 99.4 cm³/mol. The van der Waals surface area contributed by atoms with E-state index in [1.807, 2.05) is 12.3 Å². The second-order valence-corrected chi connectivity index (χ2v) is 6.87. The molecule has 7 heteroatoms. The van der Waals surface area contributed by atoms with Gasteiger partial charge in [0.25, 0.3) is 5.91 Å². The van der Waals surface area contributed by atoms with Gasteiger partial charge in [0.15, 0.2) is 5.17 Å². The third kappa shape index (κ3) is 3.27. The van der Waals surface area contributed by atoms with Gasteiger partial charge < -0.3 is 5.11 Å². The van der Waals surface area contributed by atoms with Crippen LogP contribution in [0.25, 0.3) is 5.57 Å². The minimum absolute atomic E-state index is 0.0965. The van der Waals surface area contributed by atoms with E-state index in [4.69, 9.17) is 0 Å². The summed E-state index contributed by atoms with van der Waals surface area (Å²) in [4.78, 5) is 23.6. The molecule has 0 radical (unpaired) electrons. The molecule has 0 atom stereocenters. The van der Waals surface area contributed by atoms with Gasteiger partial charge >= 0.3 is 0 Å². The molecule has 2 heterocycles. The molecule has 1 amide bonds. The van der Waals surface area contributed by atoms with Crippen LogP contribution in [0.15, 0.2) is 58.4 Å². The first-order valence-electron chi connectivity index (χ1n) is 7.19. The van der Waals surface area contributed by atoms with Crippen LogP contribution in [0.3, 0.4) is 0 Å². The zero-order valence-corrected chi connectivity index (χ0v) is 14.6. The molecule has 0 saturated carbocycles. The number of phenolic OH excluding ortho intramolecular Hbond substituents is 1. The van der Waals surface area contributed by atoms with Crippen LogP contribution in [-0.2, 0) is 4.79 Å². The van der Waals surface area contributed by atoms with Crippen LogP contribution in [-0.4, -0.2) is 32.6 Å². The molecule has 0 bridgehead atoms. The lowest BCUT2D eigenvalue weighted by molar-refractivity contribution is -0.121. The Kier molecular flexibility index (Phi) is 4.82. The lowest BCUT2D eigenvalue weighted by atomic mass is 10.1. The summed E-state index contributed by atoms with van der Waals surface area (Å²) in [5.41, 5.74) is 1.74. The highest BCUT2D eigenvalue weighted by atomic mass is 32.2. The van der Waals surface area contributed by atoms with Crippen molar-refractivity contribution < 1.29 is 9.90 Å². The van der Waals surface area contributed by atoms with Gasteiger partial charge in [-0.05, 0) is 42.0 Å². The molecule has 24 heavy (non-hydrogen) atoms. The first-order valence-corrected chi connectivity index (χ1v) is 8.89. The molecule has 1 saturated heterocycles. The van der Waals surface area contributed by atoms with E-state index in [0.29, 0.717) is 21.7 Å². The van der Waals surface area contributed by atoms with Crippen LogP contribution in [0.1, 0.15) is 12.5 Å². The van der Waals surface area contributed by atoms with E-state index < -0.39 is 0 Å². The number of hydrogen-bond donors (Lipinski definition) is 1.